The number of halogens is 2. The van der Waals surface area contributed by atoms with E-state index in [2.05, 4.69) is 15.1 Å². The van der Waals surface area contributed by atoms with E-state index in [1.807, 2.05) is 0 Å². The number of nitrogens with zero attached hydrogens (tertiary/aromatic N) is 5. The minimum absolute atomic E-state index is 0.0894. The molecule has 7 nitrogen and oxygen atoms in total. The molecule has 126 valence electrons. The SMILES string of the molecule is CO[C@@H](n1cncn1)[C@](O)(Cn1ccnc1)c1ccc(F)cc1F. The zero-order valence-electron chi connectivity index (χ0n) is 12.8. The number of aliphatic hydroxyl groups is 1. The van der Waals surface area contributed by atoms with Crippen LogP contribution in [0, 0.1) is 11.6 Å². The lowest BCUT2D eigenvalue weighted by Crippen LogP contribution is -2.42. The van der Waals surface area contributed by atoms with Gasteiger partial charge in [-0.15, -0.1) is 0 Å². The van der Waals surface area contributed by atoms with Gasteiger partial charge in [-0.3, -0.25) is 0 Å². The van der Waals surface area contributed by atoms with Crippen LogP contribution in [-0.2, 0) is 16.9 Å². The van der Waals surface area contributed by atoms with Gasteiger partial charge >= 0.3 is 0 Å². The zero-order valence-corrected chi connectivity index (χ0v) is 12.8. The van der Waals surface area contributed by atoms with Gasteiger partial charge < -0.3 is 14.4 Å². The van der Waals surface area contributed by atoms with Crippen molar-refractivity contribution in [1.29, 1.82) is 0 Å². The molecular weight excluding hydrogens is 320 g/mol. The number of methoxy groups -OCH3 is 1. The van der Waals surface area contributed by atoms with Crippen molar-refractivity contribution in [3.63, 3.8) is 0 Å². The molecule has 3 rings (SSSR count). The summed E-state index contributed by atoms with van der Waals surface area (Å²) in [6.07, 6.45) is 6.13. The minimum Gasteiger partial charge on any atom is -0.378 e. The summed E-state index contributed by atoms with van der Waals surface area (Å²) in [5, 5.41) is 15.3. The number of aromatic nitrogens is 5. The molecule has 0 aliphatic carbocycles. The van der Waals surface area contributed by atoms with Crippen molar-refractivity contribution < 1.29 is 18.6 Å². The summed E-state index contributed by atoms with van der Waals surface area (Å²) in [6, 6.07) is 2.97. The quantitative estimate of drug-likeness (QED) is 0.738. The maximum absolute atomic E-state index is 14.4. The van der Waals surface area contributed by atoms with Gasteiger partial charge in [-0.05, 0) is 6.07 Å². The number of rotatable bonds is 6. The van der Waals surface area contributed by atoms with Crippen LogP contribution in [-0.4, -0.2) is 36.5 Å². The molecule has 0 aliphatic rings. The van der Waals surface area contributed by atoms with E-state index in [9.17, 15) is 13.9 Å². The highest BCUT2D eigenvalue weighted by molar-refractivity contribution is 5.26. The normalized spacial score (nSPS) is 15.2. The first-order valence-corrected chi connectivity index (χ1v) is 7.05. The number of hydrogen-bond donors (Lipinski definition) is 1. The first-order valence-electron chi connectivity index (χ1n) is 7.05. The molecule has 0 bridgehead atoms. The lowest BCUT2D eigenvalue weighted by Gasteiger charge is -2.35. The summed E-state index contributed by atoms with van der Waals surface area (Å²) >= 11 is 0. The molecule has 1 N–H and O–H groups in total. The molecular formula is C15H15F2N5O2. The summed E-state index contributed by atoms with van der Waals surface area (Å²) < 4.78 is 35.9. The number of benzene rings is 1. The van der Waals surface area contributed by atoms with Crippen LogP contribution in [0.15, 0.2) is 49.6 Å². The third-order valence-electron chi connectivity index (χ3n) is 3.69. The van der Waals surface area contributed by atoms with Gasteiger partial charge in [0.2, 0.25) is 0 Å². The molecule has 24 heavy (non-hydrogen) atoms. The van der Waals surface area contributed by atoms with Gasteiger partial charge in [-0.1, -0.05) is 6.07 Å². The highest BCUT2D eigenvalue weighted by Crippen LogP contribution is 2.36. The Bertz CT molecular complexity index is 794. The molecule has 3 aromatic rings. The van der Waals surface area contributed by atoms with Crippen LogP contribution in [0.4, 0.5) is 8.78 Å². The van der Waals surface area contributed by atoms with Gasteiger partial charge in [0, 0.05) is 31.1 Å². The van der Waals surface area contributed by atoms with Crippen LogP contribution in [0.3, 0.4) is 0 Å². The largest absolute Gasteiger partial charge is 0.378 e. The maximum Gasteiger partial charge on any atom is 0.186 e. The molecule has 0 radical (unpaired) electrons. The number of hydrogen-bond acceptors (Lipinski definition) is 5. The average Bonchev–Trinajstić information content (AvgIpc) is 3.21. The second-order valence-electron chi connectivity index (χ2n) is 5.25. The lowest BCUT2D eigenvalue weighted by molar-refractivity contribution is -0.154. The van der Waals surface area contributed by atoms with Crippen LogP contribution in [0.25, 0.3) is 0 Å². The van der Waals surface area contributed by atoms with Gasteiger partial charge in [0.05, 0.1) is 12.9 Å². The summed E-state index contributed by atoms with van der Waals surface area (Å²) in [7, 11) is 1.35. The van der Waals surface area contributed by atoms with Crippen LogP contribution in [0.2, 0.25) is 0 Å². The van der Waals surface area contributed by atoms with E-state index in [-0.39, 0.29) is 12.1 Å². The summed E-state index contributed by atoms with van der Waals surface area (Å²) in [4.78, 5) is 7.73. The Morgan fingerprint density at radius 1 is 1.29 bits per heavy atom. The van der Waals surface area contributed by atoms with E-state index in [1.165, 1.54) is 43.0 Å². The van der Waals surface area contributed by atoms with E-state index in [4.69, 9.17) is 4.74 Å². The van der Waals surface area contributed by atoms with Crippen molar-refractivity contribution in [3.8, 4) is 0 Å². The Kier molecular flexibility index (Phi) is 4.36. The first kappa shape index (κ1) is 16.2. The third-order valence-corrected chi connectivity index (χ3v) is 3.69. The fourth-order valence-electron chi connectivity index (χ4n) is 2.66. The third kappa shape index (κ3) is 2.91. The van der Waals surface area contributed by atoms with E-state index >= 15 is 0 Å². The van der Waals surface area contributed by atoms with Crippen molar-refractivity contribution in [2.24, 2.45) is 0 Å². The Morgan fingerprint density at radius 3 is 2.71 bits per heavy atom. The van der Waals surface area contributed by atoms with E-state index in [0.29, 0.717) is 6.07 Å². The highest BCUT2D eigenvalue weighted by atomic mass is 19.1. The Morgan fingerprint density at radius 2 is 2.12 bits per heavy atom. The van der Waals surface area contributed by atoms with Gasteiger partial charge in [0.1, 0.15) is 24.3 Å². The average molecular weight is 335 g/mol. The van der Waals surface area contributed by atoms with E-state index < -0.39 is 23.5 Å². The van der Waals surface area contributed by atoms with Crippen molar-refractivity contribution in [3.05, 3.63) is 66.8 Å². The molecule has 0 aliphatic heterocycles. The molecule has 0 saturated heterocycles. The first-order chi connectivity index (χ1) is 11.5. The van der Waals surface area contributed by atoms with Crippen LogP contribution in [0.1, 0.15) is 11.8 Å². The van der Waals surface area contributed by atoms with Gasteiger partial charge in [-0.25, -0.2) is 23.4 Å². The number of imidazole rings is 1. The van der Waals surface area contributed by atoms with Crippen LogP contribution in [0.5, 0.6) is 0 Å². The standard InChI is InChI=1S/C15H15F2N5O2/c1-24-14(22-10-19-8-20-22)15(23,7-21-5-4-18-9-21)12-3-2-11(16)6-13(12)17/h2-6,8-10,14,23H,7H2,1H3/t14-,15+/m1/s1. The minimum atomic E-state index is -1.89. The smallest absolute Gasteiger partial charge is 0.186 e. The fourth-order valence-corrected chi connectivity index (χ4v) is 2.66. The Labute approximate surface area is 136 Å². The molecule has 2 atom stereocenters. The molecule has 0 unspecified atom stereocenters. The van der Waals surface area contributed by atoms with E-state index in [1.54, 1.807) is 10.8 Å². The molecule has 0 saturated carbocycles. The topological polar surface area (TPSA) is 78.0 Å². The Balaban J connectivity index is 2.12. The predicted molar refractivity (Wildman–Crippen MR) is 78.5 cm³/mol. The predicted octanol–water partition coefficient (Wildman–Crippen LogP) is 1.49. The van der Waals surface area contributed by atoms with Gasteiger partial charge in [-0.2, -0.15) is 5.10 Å². The molecule has 2 heterocycles. The molecule has 0 spiro atoms. The monoisotopic (exact) mass is 335 g/mol. The second-order valence-corrected chi connectivity index (χ2v) is 5.25. The Hall–Kier alpha value is -2.65. The van der Waals surface area contributed by atoms with Crippen molar-refractivity contribution in [2.75, 3.05) is 7.11 Å². The summed E-state index contributed by atoms with van der Waals surface area (Å²) in [5.41, 5.74) is -2.01. The summed E-state index contributed by atoms with van der Waals surface area (Å²) in [5.74, 6) is -1.63. The molecule has 9 heteroatoms. The summed E-state index contributed by atoms with van der Waals surface area (Å²) in [6.45, 7) is -0.0894. The molecule has 0 fully saturated rings. The van der Waals surface area contributed by atoms with Crippen molar-refractivity contribution in [2.45, 2.75) is 18.4 Å². The second kappa shape index (κ2) is 6.46. The van der Waals surface area contributed by atoms with Crippen LogP contribution < -0.4 is 0 Å². The molecule has 2 aromatic heterocycles. The maximum atomic E-state index is 14.4. The van der Waals surface area contributed by atoms with E-state index in [0.717, 1.165) is 6.07 Å². The van der Waals surface area contributed by atoms with Gasteiger partial charge in [0.25, 0.3) is 0 Å². The zero-order chi connectivity index (χ0) is 17.2. The van der Waals surface area contributed by atoms with Gasteiger partial charge in [0.15, 0.2) is 11.8 Å². The fraction of sp³-hybridized carbons (Fsp3) is 0.267. The van der Waals surface area contributed by atoms with Crippen LogP contribution >= 0.6 is 0 Å². The lowest BCUT2D eigenvalue weighted by atomic mass is 9.90. The number of ether oxygens (including phenoxy) is 1. The molecule has 1 aromatic carbocycles. The van der Waals surface area contributed by atoms with Crippen molar-refractivity contribution in [1.82, 2.24) is 24.3 Å². The molecule has 0 amide bonds. The highest BCUT2D eigenvalue weighted by Gasteiger charge is 2.43. The van der Waals surface area contributed by atoms with Crippen molar-refractivity contribution >= 4 is 0 Å².